The van der Waals surface area contributed by atoms with Crippen molar-refractivity contribution < 1.29 is 9.18 Å². The average molecular weight is 275 g/mol. The predicted octanol–water partition coefficient (Wildman–Crippen LogP) is 2.35. The first kappa shape index (κ1) is 14.3. The van der Waals surface area contributed by atoms with Gasteiger partial charge in [-0.1, -0.05) is 6.07 Å². The highest BCUT2D eigenvalue weighted by Gasteiger charge is 2.42. The molecule has 0 spiro atoms. The highest BCUT2D eigenvalue weighted by Crippen LogP contribution is 2.39. The van der Waals surface area contributed by atoms with Crippen LogP contribution in [0.25, 0.3) is 0 Å². The Morgan fingerprint density at radius 1 is 1.55 bits per heavy atom. The van der Waals surface area contributed by atoms with Gasteiger partial charge in [0.05, 0.1) is 18.3 Å². The molecule has 2 rings (SSSR count). The first-order valence-corrected chi connectivity index (χ1v) is 6.67. The standard InChI is InChI=1S/C15H18FN3O/c1-10-3-6-13(12(16)7-10)18-8-14(20)19-15(2,9-17)11-4-5-11/h3,6-7,11,18H,4-5,8H2,1-2H3,(H,19,20)/t15-/m1/s1. The molecule has 0 unspecified atom stereocenters. The Balaban J connectivity index is 1.90. The van der Waals surface area contributed by atoms with E-state index in [1.165, 1.54) is 6.07 Å². The number of carbonyl (C=O) groups excluding carboxylic acids is 1. The molecule has 1 aromatic rings. The van der Waals surface area contributed by atoms with Gasteiger partial charge in [-0.3, -0.25) is 4.79 Å². The molecule has 0 radical (unpaired) electrons. The van der Waals surface area contributed by atoms with Crippen LogP contribution in [0, 0.1) is 30.0 Å². The van der Waals surface area contributed by atoms with Crippen molar-refractivity contribution in [1.29, 1.82) is 5.26 Å². The normalized spacial score (nSPS) is 16.9. The Bertz CT molecular complexity index is 563. The van der Waals surface area contributed by atoms with Crippen molar-refractivity contribution >= 4 is 11.6 Å². The lowest BCUT2D eigenvalue weighted by molar-refractivity contribution is -0.120. The van der Waals surface area contributed by atoms with Crippen molar-refractivity contribution in [2.45, 2.75) is 32.2 Å². The van der Waals surface area contributed by atoms with Crippen LogP contribution in [-0.4, -0.2) is 18.0 Å². The van der Waals surface area contributed by atoms with Gasteiger partial charge in [-0.2, -0.15) is 5.26 Å². The van der Waals surface area contributed by atoms with Gasteiger partial charge < -0.3 is 10.6 Å². The van der Waals surface area contributed by atoms with Gasteiger partial charge in [0.25, 0.3) is 0 Å². The molecule has 106 valence electrons. The first-order chi connectivity index (χ1) is 9.44. The van der Waals surface area contributed by atoms with Crippen LogP contribution in [0.15, 0.2) is 18.2 Å². The van der Waals surface area contributed by atoms with Gasteiger partial charge in [-0.05, 0) is 50.3 Å². The Morgan fingerprint density at radius 3 is 2.80 bits per heavy atom. The fraction of sp³-hybridized carbons (Fsp3) is 0.467. The molecule has 0 bridgehead atoms. The summed E-state index contributed by atoms with van der Waals surface area (Å²) in [7, 11) is 0. The lowest BCUT2D eigenvalue weighted by atomic mass is 9.98. The zero-order valence-corrected chi connectivity index (χ0v) is 11.7. The molecule has 5 heteroatoms. The summed E-state index contributed by atoms with van der Waals surface area (Å²) in [6, 6.07) is 6.93. The highest BCUT2D eigenvalue weighted by molar-refractivity contribution is 5.82. The Morgan fingerprint density at radius 2 is 2.25 bits per heavy atom. The third-order valence-corrected chi connectivity index (χ3v) is 3.59. The van der Waals surface area contributed by atoms with E-state index < -0.39 is 5.54 Å². The van der Waals surface area contributed by atoms with E-state index in [0.717, 1.165) is 18.4 Å². The third kappa shape index (κ3) is 3.27. The van der Waals surface area contributed by atoms with Crippen molar-refractivity contribution in [2.24, 2.45) is 5.92 Å². The van der Waals surface area contributed by atoms with Crippen LogP contribution in [0.2, 0.25) is 0 Å². The number of benzene rings is 1. The summed E-state index contributed by atoms with van der Waals surface area (Å²) in [4.78, 5) is 11.9. The van der Waals surface area contributed by atoms with E-state index >= 15 is 0 Å². The monoisotopic (exact) mass is 275 g/mol. The van der Waals surface area contributed by atoms with Gasteiger partial charge >= 0.3 is 0 Å². The molecule has 0 aliphatic heterocycles. The molecule has 1 atom stereocenters. The minimum absolute atomic E-state index is 0.0516. The zero-order valence-electron chi connectivity index (χ0n) is 11.7. The number of hydrogen-bond donors (Lipinski definition) is 2. The Labute approximate surface area is 118 Å². The number of halogens is 1. The fourth-order valence-corrected chi connectivity index (χ4v) is 2.15. The number of rotatable bonds is 5. The van der Waals surface area contributed by atoms with E-state index in [4.69, 9.17) is 5.26 Å². The topological polar surface area (TPSA) is 64.9 Å². The lowest BCUT2D eigenvalue weighted by Crippen LogP contribution is -2.48. The maximum absolute atomic E-state index is 13.6. The van der Waals surface area contributed by atoms with Crippen molar-refractivity contribution in [1.82, 2.24) is 5.32 Å². The molecule has 20 heavy (non-hydrogen) atoms. The van der Waals surface area contributed by atoms with Crippen LogP contribution in [0.1, 0.15) is 25.3 Å². The van der Waals surface area contributed by atoms with Crippen LogP contribution in [0.5, 0.6) is 0 Å². The number of amides is 1. The maximum atomic E-state index is 13.6. The quantitative estimate of drug-likeness (QED) is 0.867. The Kier molecular flexibility index (Phi) is 3.93. The van der Waals surface area contributed by atoms with Gasteiger partial charge in [-0.25, -0.2) is 4.39 Å². The van der Waals surface area contributed by atoms with Gasteiger partial charge in [0.2, 0.25) is 5.91 Å². The molecular weight excluding hydrogens is 257 g/mol. The van der Waals surface area contributed by atoms with E-state index in [-0.39, 0.29) is 29.9 Å². The number of nitrogens with zero attached hydrogens (tertiary/aromatic N) is 1. The number of nitrogens with one attached hydrogen (secondary N) is 2. The van der Waals surface area contributed by atoms with Gasteiger partial charge in [0.15, 0.2) is 0 Å². The van der Waals surface area contributed by atoms with Crippen LogP contribution < -0.4 is 10.6 Å². The zero-order chi connectivity index (χ0) is 14.8. The van der Waals surface area contributed by atoms with E-state index in [1.54, 1.807) is 26.0 Å². The molecule has 4 nitrogen and oxygen atoms in total. The number of hydrogen-bond acceptors (Lipinski definition) is 3. The largest absolute Gasteiger partial charge is 0.374 e. The second-order valence-corrected chi connectivity index (χ2v) is 5.47. The summed E-state index contributed by atoms with van der Waals surface area (Å²) in [6.45, 7) is 3.48. The van der Waals surface area contributed by atoms with Crippen molar-refractivity contribution in [3.8, 4) is 6.07 Å². The van der Waals surface area contributed by atoms with Crippen molar-refractivity contribution in [2.75, 3.05) is 11.9 Å². The molecule has 0 heterocycles. The summed E-state index contributed by atoms with van der Waals surface area (Å²) in [6.07, 6.45) is 1.93. The lowest BCUT2D eigenvalue weighted by Gasteiger charge is -2.23. The molecule has 0 saturated heterocycles. The fourth-order valence-electron chi connectivity index (χ4n) is 2.15. The van der Waals surface area contributed by atoms with Gasteiger partial charge in [-0.15, -0.1) is 0 Å². The number of nitriles is 1. The van der Waals surface area contributed by atoms with E-state index in [0.29, 0.717) is 0 Å². The predicted molar refractivity (Wildman–Crippen MR) is 74.5 cm³/mol. The first-order valence-electron chi connectivity index (χ1n) is 6.67. The second kappa shape index (κ2) is 5.49. The van der Waals surface area contributed by atoms with Crippen LogP contribution >= 0.6 is 0 Å². The molecule has 0 aromatic heterocycles. The van der Waals surface area contributed by atoms with Crippen LogP contribution in [0.3, 0.4) is 0 Å². The minimum Gasteiger partial charge on any atom is -0.374 e. The summed E-state index contributed by atoms with van der Waals surface area (Å²) >= 11 is 0. The smallest absolute Gasteiger partial charge is 0.240 e. The van der Waals surface area contributed by atoms with Crippen molar-refractivity contribution in [3.05, 3.63) is 29.6 Å². The molecule has 2 N–H and O–H groups in total. The molecule has 1 aromatic carbocycles. The SMILES string of the molecule is Cc1ccc(NCC(=O)N[C@](C)(C#N)C2CC2)c(F)c1. The van der Waals surface area contributed by atoms with E-state index in [9.17, 15) is 9.18 Å². The summed E-state index contributed by atoms with van der Waals surface area (Å²) < 4.78 is 13.6. The second-order valence-electron chi connectivity index (χ2n) is 5.47. The molecular formula is C15H18FN3O. The van der Waals surface area contributed by atoms with Crippen LogP contribution in [0.4, 0.5) is 10.1 Å². The molecule has 1 aliphatic rings. The average Bonchev–Trinajstić information content (AvgIpc) is 3.22. The van der Waals surface area contributed by atoms with E-state index in [1.807, 2.05) is 0 Å². The van der Waals surface area contributed by atoms with Gasteiger partial charge in [0, 0.05) is 0 Å². The summed E-state index contributed by atoms with van der Waals surface area (Å²) in [5.74, 6) is -0.462. The molecule has 1 amide bonds. The minimum atomic E-state index is -0.815. The number of carbonyl (C=O) groups is 1. The number of anilines is 1. The molecule has 1 saturated carbocycles. The van der Waals surface area contributed by atoms with E-state index in [2.05, 4.69) is 16.7 Å². The highest BCUT2D eigenvalue weighted by atomic mass is 19.1. The van der Waals surface area contributed by atoms with Crippen molar-refractivity contribution in [3.63, 3.8) is 0 Å². The summed E-state index contributed by atoms with van der Waals surface area (Å²) in [5.41, 5.74) is 0.295. The van der Waals surface area contributed by atoms with Gasteiger partial charge in [0.1, 0.15) is 11.4 Å². The third-order valence-electron chi connectivity index (χ3n) is 3.59. The number of aryl methyl sites for hydroxylation is 1. The molecule has 1 fully saturated rings. The summed E-state index contributed by atoms with van der Waals surface area (Å²) in [5, 5.41) is 14.6. The Hall–Kier alpha value is -2.09. The molecule has 1 aliphatic carbocycles. The maximum Gasteiger partial charge on any atom is 0.240 e. The van der Waals surface area contributed by atoms with Crippen LogP contribution in [-0.2, 0) is 4.79 Å².